The minimum absolute atomic E-state index is 0.176. The second-order valence-electron chi connectivity index (χ2n) is 2.40. The summed E-state index contributed by atoms with van der Waals surface area (Å²) in [6.45, 7) is 2.22. The Morgan fingerprint density at radius 3 is 2.73 bits per heavy atom. The van der Waals surface area contributed by atoms with Crippen molar-refractivity contribution in [3.63, 3.8) is 0 Å². The van der Waals surface area contributed by atoms with Gasteiger partial charge in [-0.3, -0.25) is 4.79 Å². The van der Waals surface area contributed by atoms with E-state index in [2.05, 4.69) is 0 Å². The third-order valence-corrected chi connectivity index (χ3v) is 1.39. The summed E-state index contributed by atoms with van der Waals surface area (Å²) in [4.78, 5) is 10.4. The molecule has 3 heteroatoms. The fraction of sp³-hybridized carbons (Fsp3) is 0.625. The summed E-state index contributed by atoms with van der Waals surface area (Å²) in [6.07, 6.45) is 5.48. The van der Waals surface area contributed by atoms with Gasteiger partial charge in [-0.1, -0.05) is 25.5 Å². The van der Waals surface area contributed by atoms with Gasteiger partial charge in [-0.05, 0) is 6.42 Å². The van der Waals surface area contributed by atoms with Crippen molar-refractivity contribution in [2.24, 2.45) is 11.7 Å². The van der Waals surface area contributed by atoms with Crippen LogP contribution in [-0.4, -0.2) is 17.6 Å². The molecule has 0 amide bonds. The SMILES string of the molecule is CCC/C=C/C(CN)C(=O)O. The Balaban J connectivity index is 3.77. The van der Waals surface area contributed by atoms with E-state index < -0.39 is 11.9 Å². The van der Waals surface area contributed by atoms with E-state index in [1.165, 1.54) is 0 Å². The molecule has 0 aromatic rings. The van der Waals surface area contributed by atoms with Gasteiger partial charge >= 0.3 is 5.97 Å². The largest absolute Gasteiger partial charge is 0.481 e. The maximum atomic E-state index is 10.4. The molecule has 0 aromatic heterocycles. The molecule has 0 fully saturated rings. The summed E-state index contributed by atoms with van der Waals surface area (Å²) >= 11 is 0. The number of unbranched alkanes of at least 4 members (excludes halogenated alkanes) is 1. The second kappa shape index (κ2) is 5.92. The summed E-state index contributed by atoms with van der Waals surface area (Å²) < 4.78 is 0. The summed E-state index contributed by atoms with van der Waals surface area (Å²) in [6, 6.07) is 0. The van der Waals surface area contributed by atoms with E-state index in [-0.39, 0.29) is 6.54 Å². The zero-order valence-corrected chi connectivity index (χ0v) is 6.79. The quantitative estimate of drug-likeness (QED) is 0.585. The van der Waals surface area contributed by atoms with Crippen LogP contribution in [0.5, 0.6) is 0 Å². The van der Waals surface area contributed by atoms with E-state index in [1.807, 2.05) is 13.0 Å². The van der Waals surface area contributed by atoms with Gasteiger partial charge in [0.1, 0.15) is 0 Å². The highest BCUT2D eigenvalue weighted by atomic mass is 16.4. The molecule has 0 aromatic carbocycles. The molecular formula is C8H15NO2. The first-order valence-electron chi connectivity index (χ1n) is 3.81. The van der Waals surface area contributed by atoms with Gasteiger partial charge < -0.3 is 10.8 Å². The molecule has 3 nitrogen and oxygen atoms in total. The van der Waals surface area contributed by atoms with E-state index in [0.717, 1.165) is 12.8 Å². The molecule has 0 rings (SSSR count). The molecule has 0 aliphatic heterocycles. The number of carboxylic acid groups (broad SMARTS) is 1. The lowest BCUT2D eigenvalue weighted by molar-refractivity contribution is -0.139. The summed E-state index contributed by atoms with van der Waals surface area (Å²) in [5, 5.41) is 8.54. The molecule has 0 aliphatic carbocycles. The van der Waals surface area contributed by atoms with Crippen molar-refractivity contribution in [3.8, 4) is 0 Å². The number of allylic oxidation sites excluding steroid dienone is 1. The van der Waals surface area contributed by atoms with Crippen LogP contribution in [0.3, 0.4) is 0 Å². The number of carboxylic acids is 1. The lowest BCUT2D eigenvalue weighted by Crippen LogP contribution is -2.20. The van der Waals surface area contributed by atoms with Crippen molar-refractivity contribution >= 4 is 5.97 Å². The molecule has 3 N–H and O–H groups in total. The van der Waals surface area contributed by atoms with Gasteiger partial charge in [0.05, 0.1) is 5.92 Å². The molecule has 11 heavy (non-hydrogen) atoms. The monoisotopic (exact) mass is 157 g/mol. The molecule has 1 unspecified atom stereocenters. The predicted molar refractivity (Wildman–Crippen MR) is 44.2 cm³/mol. The molecule has 0 aliphatic rings. The van der Waals surface area contributed by atoms with Crippen LogP contribution in [0, 0.1) is 5.92 Å². The first-order chi connectivity index (χ1) is 5.22. The Hall–Kier alpha value is -0.830. The van der Waals surface area contributed by atoms with Crippen LogP contribution in [0.25, 0.3) is 0 Å². The van der Waals surface area contributed by atoms with Crippen molar-refractivity contribution in [1.82, 2.24) is 0 Å². The maximum Gasteiger partial charge on any atom is 0.311 e. The minimum Gasteiger partial charge on any atom is -0.481 e. The van der Waals surface area contributed by atoms with Crippen LogP contribution in [0.1, 0.15) is 19.8 Å². The average Bonchev–Trinajstić information content (AvgIpc) is 1.97. The lowest BCUT2D eigenvalue weighted by Gasteiger charge is -2.01. The van der Waals surface area contributed by atoms with Crippen molar-refractivity contribution in [2.75, 3.05) is 6.54 Å². The summed E-state index contributed by atoms with van der Waals surface area (Å²) in [7, 11) is 0. The molecule has 0 saturated heterocycles. The molecule has 0 bridgehead atoms. The Morgan fingerprint density at radius 1 is 1.73 bits per heavy atom. The van der Waals surface area contributed by atoms with Crippen LogP contribution >= 0.6 is 0 Å². The van der Waals surface area contributed by atoms with Crippen molar-refractivity contribution in [1.29, 1.82) is 0 Å². The zero-order chi connectivity index (χ0) is 8.69. The summed E-state index contributed by atoms with van der Waals surface area (Å²) in [5.41, 5.74) is 5.22. The second-order valence-corrected chi connectivity index (χ2v) is 2.40. The zero-order valence-electron chi connectivity index (χ0n) is 6.79. The van der Waals surface area contributed by atoms with Crippen LogP contribution in [0.4, 0.5) is 0 Å². The third kappa shape index (κ3) is 4.56. The topological polar surface area (TPSA) is 63.3 Å². The van der Waals surface area contributed by atoms with Gasteiger partial charge in [0.2, 0.25) is 0 Å². The molecule has 0 radical (unpaired) electrons. The number of rotatable bonds is 5. The minimum atomic E-state index is -0.847. The number of hydrogen-bond donors (Lipinski definition) is 2. The van der Waals surface area contributed by atoms with Crippen LogP contribution in [0.2, 0.25) is 0 Å². The molecule has 0 saturated carbocycles. The average molecular weight is 157 g/mol. The van der Waals surface area contributed by atoms with E-state index in [4.69, 9.17) is 10.8 Å². The fourth-order valence-corrected chi connectivity index (χ4v) is 0.689. The molecule has 0 heterocycles. The number of aliphatic carboxylic acids is 1. The van der Waals surface area contributed by atoms with E-state index >= 15 is 0 Å². The van der Waals surface area contributed by atoms with Gasteiger partial charge in [-0.25, -0.2) is 0 Å². The number of carbonyl (C=O) groups is 1. The standard InChI is InChI=1S/C8H15NO2/c1-2-3-4-5-7(6-9)8(10)11/h4-5,7H,2-3,6,9H2,1H3,(H,10,11)/b5-4+. The van der Waals surface area contributed by atoms with Crippen LogP contribution in [-0.2, 0) is 4.79 Å². The highest BCUT2D eigenvalue weighted by Crippen LogP contribution is 1.98. The Morgan fingerprint density at radius 2 is 2.36 bits per heavy atom. The van der Waals surface area contributed by atoms with E-state index in [9.17, 15) is 4.79 Å². The lowest BCUT2D eigenvalue weighted by atomic mass is 10.1. The smallest absolute Gasteiger partial charge is 0.311 e. The Bertz CT molecular complexity index is 143. The van der Waals surface area contributed by atoms with Crippen LogP contribution in [0.15, 0.2) is 12.2 Å². The van der Waals surface area contributed by atoms with E-state index in [1.54, 1.807) is 6.08 Å². The number of hydrogen-bond acceptors (Lipinski definition) is 2. The maximum absolute atomic E-state index is 10.4. The van der Waals surface area contributed by atoms with Gasteiger partial charge in [0.15, 0.2) is 0 Å². The third-order valence-electron chi connectivity index (χ3n) is 1.39. The highest BCUT2D eigenvalue weighted by molar-refractivity contribution is 5.72. The first-order valence-corrected chi connectivity index (χ1v) is 3.81. The first kappa shape index (κ1) is 10.2. The van der Waals surface area contributed by atoms with Crippen LogP contribution < -0.4 is 5.73 Å². The Kier molecular flexibility index (Phi) is 5.47. The highest BCUT2D eigenvalue weighted by Gasteiger charge is 2.09. The molecule has 64 valence electrons. The number of nitrogens with two attached hydrogens (primary N) is 1. The predicted octanol–water partition coefficient (Wildman–Crippen LogP) is 1.00. The Labute approximate surface area is 66.9 Å². The van der Waals surface area contributed by atoms with Gasteiger partial charge in [0.25, 0.3) is 0 Å². The fourth-order valence-electron chi connectivity index (χ4n) is 0.689. The van der Waals surface area contributed by atoms with Gasteiger partial charge in [-0.15, -0.1) is 0 Å². The van der Waals surface area contributed by atoms with Gasteiger partial charge in [-0.2, -0.15) is 0 Å². The van der Waals surface area contributed by atoms with Crippen molar-refractivity contribution in [2.45, 2.75) is 19.8 Å². The molecule has 0 spiro atoms. The summed E-state index contributed by atoms with van der Waals surface area (Å²) in [5.74, 6) is -1.36. The van der Waals surface area contributed by atoms with Crippen molar-refractivity contribution < 1.29 is 9.90 Å². The van der Waals surface area contributed by atoms with E-state index in [0.29, 0.717) is 0 Å². The van der Waals surface area contributed by atoms with Crippen molar-refractivity contribution in [3.05, 3.63) is 12.2 Å². The van der Waals surface area contributed by atoms with Gasteiger partial charge in [0, 0.05) is 6.54 Å². The normalized spacial score (nSPS) is 13.6. The molecular weight excluding hydrogens is 142 g/mol. The molecule has 1 atom stereocenters.